The van der Waals surface area contributed by atoms with Crippen molar-refractivity contribution in [2.75, 3.05) is 20.2 Å². The Bertz CT molecular complexity index is 1200. The van der Waals surface area contributed by atoms with Crippen molar-refractivity contribution in [1.29, 1.82) is 0 Å². The third-order valence-corrected chi connectivity index (χ3v) is 11.2. The molecule has 5 fully saturated rings. The first-order valence-electron chi connectivity index (χ1n) is 13.6. The number of piperidine rings is 1. The highest BCUT2D eigenvalue weighted by Gasteiger charge is 2.81. The molecule has 9 rings (SSSR count). The molecule has 2 aromatic rings. The highest BCUT2D eigenvalue weighted by atomic mass is 16.6. The first-order chi connectivity index (χ1) is 17.0. The molecule has 0 amide bonds. The van der Waals surface area contributed by atoms with Crippen molar-refractivity contribution >= 4 is 0 Å². The van der Waals surface area contributed by atoms with Gasteiger partial charge < -0.3 is 19.7 Å². The third kappa shape index (κ3) is 2.37. The predicted molar refractivity (Wildman–Crippen MR) is 132 cm³/mol. The number of hydrogen-bond acceptors (Lipinski definition) is 5. The van der Waals surface area contributed by atoms with E-state index in [9.17, 15) is 10.2 Å². The summed E-state index contributed by atoms with van der Waals surface area (Å²) >= 11 is 0. The van der Waals surface area contributed by atoms with Crippen molar-refractivity contribution in [2.24, 2.45) is 17.3 Å². The number of ether oxygens (including phenoxy) is 2. The average molecular weight is 474 g/mol. The van der Waals surface area contributed by atoms with E-state index >= 15 is 0 Å². The predicted octanol–water partition coefficient (Wildman–Crippen LogP) is 4.35. The number of phenolic OH excluding ortho intramolecular Hbond substituents is 1. The monoisotopic (exact) mass is 473 g/mol. The van der Waals surface area contributed by atoms with Crippen molar-refractivity contribution in [1.82, 2.24) is 4.90 Å². The molecule has 7 aliphatic rings. The lowest BCUT2D eigenvalue weighted by Gasteiger charge is -2.74. The summed E-state index contributed by atoms with van der Waals surface area (Å²) < 4.78 is 13.4. The number of likely N-dealkylation sites (tertiary alicyclic amines) is 1. The Morgan fingerprint density at radius 1 is 1.11 bits per heavy atom. The zero-order valence-corrected chi connectivity index (χ0v) is 20.5. The lowest BCUT2D eigenvalue weighted by Crippen LogP contribution is -2.81. The summed E-state index contributed by atoms with van der Waals surface area (Å²) in [5, 5.41) is 22.8. The molecule has 5 aliphatic carbocycles. The molecule has 0 aromatic heterocycles. The van der Waals surface area contributed by atoms with Crippen LogP contribution in [-0.2, 0) is 16.6 Å². The Kier molecular flexibility index (Phi) is 4.10. The smallest absolute Gasteiger partial charge is 0.165 e. The van der Waals surface area contributed by atoms with Crippen molar-refractivity contribution < 1.29 is 19.7 Å². The van der Waals surface area contributed by atoms with E-state index in [1.54, 1.807) is 0 Å². The molecular weight excluding hydrogens is 438 g/mol. The van der Waals surface area contributed by atoms with Crippen LogP contribution in [0.2, 0.25) is 0 Å². The average Bonchev–Trinajstić information content (AvgIpc) is 3.63. The second-order valence-corrected chi connectivity index (χ2v) is 12.3. The zero-order valence-electron chi connectivity index (χ0n) is 20.5. The van der Waals surface area contributed by atoms with Gasteiger partial charge in [0.15, 0.2) is 11.5 Å². The van der Waals surface area contributed by atoms with Gasteiger partial charge in [0.2, 0.25) is 0 Å². The second kappa shape index (κ2) is 6.81. The molecule has 35 heavy (non-hydrogen) atoms. The van der Waals surface area contributed by atoms with E-state index in [0.717, 1.165) is 50.1 Å². The van der Waals surface area contributed by atoms with Gasteiger partial charge in [0, 0.05) is 42.0 Å². The number of aliphatic hydroxyl groups is 1. The fraction of sp³-hybridized carbons (Fsp3) is 0.600. The Hall–Kier alpha value is -2.08. The molecule has 2 aliphatic heterocycles. The van der Waals surface area contributed by atoms with Gasteiger partial charge in [0.1, 0.15) is 11.7 Å². The Morgan fingerprint density at radius 3 is 2.71 bits per heavy atom. The summed E-state index contributed by atoms with van der Waals surface area (Å²) in [6, 6.07) is 14.5. The molecular formula is C30H35NO4. The first kappa shape index (κ1) is 21.0. The quantitative estimate of drug-likeness (QED) is 0.676. The summed E-state index contributed by atoms with van der Waals surface area (Å²) in [5.41, 5.74) is 2.88. The Morgan fingerprint density at radius 2 is 1.94 bits per heavy atom. The number of aromatic hydroxyl groups is 1. The van der Waals surface area contributed by atoms with Gasteiger partial charge in [-0.1, -0.05) is 36.4 Å². The summed E-state index contributed by atoms with van der Waals surface area (Å²) in [5.74, 6) is 1.75. The van der Waals surface area contributed by atoms with E-state index in [-0.39, 0.29) is 28.6 Å². The minimum absolute atomic E-state index is 0.0254. The molecule has 5 heteroatoms. The summed E-state index contributed by atoms with van der Waals surface area (Å²) in [6.45, 7) is 2.29. The number of hydrogen-bond donors (Lipinski definition) is 2. The number of phenols is 1. The van der Waals surface area contributed by atoms with Crippen LogP contribution >= 0.6 is 0 Å². The van der Waals surface area contributed by atoms with E-state index in [1.807, 2.05) is 43.5 Å². The SMILES string of the molecule is CO[C@]12CCC3(C[C@@H]1[C@H](O)c1ccccc1)C1Cc4ccc(O)c5c4[C@@]3(CCN1CC1CC1)[C@@H]2O5. The molecule has 4 bridgehead atoms. The van der Waals surface area contributed by atoms with Crippen LogP contribution in [0.1, 0.15) is 61.3 Å². The third-order valence-electron chi connectivity index (χ3n) is 11.2. The molecule has 7 atom stereocenters. The van der Waals surface area contributed by atoms with Gasteiger partial charge in [-0.25, -0.2) is 0 Å². The lowest BCUT2D eigenvalue weighted by atomic mass is 9.34. The van der Waals surface area contributed by atoms with E-state index in [4.69, 9.17) is 9.47 Å². The van der Waals surface area contributed by atoms with Gasteiger partial charge in [0.25, 0.3) is 0 Å². The van der Waals surface area contributed by atoms with Crippen LogP contribution in [0.25, 0.3) is 0 Å². The van der Waals surface area contributed by atoms with Crippen molar-refractivity contribution in [3.05, 3.63) is 59.2 Å². The van der Waals surface area contributed by atoms with Crippen molar-refractivity contribution in [2.45, 2.75) is 74.2 Å². The fourth-order valence-electron chi connectivity index (χ4n) is 9.70. The van der Waals surface area contributed by atoms with Crippen LogP contribution in [0.15, 0.2) is 42.5 Å². The Labute approximate surface area is 207 Å². The maximum Gasteiger partial charge on any atom is 0.165 e. The van der Waals surface area contributed by atoms with Crippen LogP contribution in [0.4, 0.5) is 0 Å². The van der Waals surface area contributed by atoms with Crippen LogP contribution in [0.5, 0.6) is 11.5 Å². The number of aliphatic hydroxyl groups excluding tert-OH is 1. The standard InChI is InChI=1S/C30H35NO4/c1-34-30-12-11-28(16-21(30)25(33)19-5-3-2-4-6-19)23-15-20-9-10-22(32)26-24(20)29(28,27(30)35-26)13-14-31(23)17-18-7-8-18/h2-6,9-10,18,21,23,25,27,32-33H,7-8,11-17H2,1H3/t21-,23?,25-,27+,28?,29+,30-/m1/s1. The number of nitrogens with zero attached hydrogens (tertiary/aromatic N) is 1. The summed E-state index contributed by atoms with van der Waals surface area (Å²) in [6.07, 6.45) is 6.93. The fourth-order valence-corrected chi connectivity index (χ4v) is 9.70. The zero-order chi connectivity index (χ0) is 23.6. The Balaban J connectivity index is 1.34. The molecule has 2 N–H and O–H groups in total. The number of fused-ring (bicyclic) bond motifs is 2. The highest BCUT2D eigenvalue weighted by Crippen LogP contribution is 2.77. The van der Waals surface area contributed by atoms with Crippen LogP contribution in [-0.4, -0.2) is 53.1 Å². The molecule has 2 aromatic carbocycles. The van der Waals surface area contributed by atoms with Gasteiger partial charge in [0.05, 0.1) is 6.10 Å². The normalized spacial score (nSPS) is 41.4. The minimum Gasteiger partial charge on any atom is -0.504 e. The molecule has 4 saturated carbocycles. The molecule has 184 valence electrons. The molecule has 2 unspecified atom stereocenters. The van der Waals surface area contributed by atoms with Gasteiger partial charge >= 0.3 is 0 Å². The summed E-state index contributed by atoms with van der Waals surface area (Å²) in [7, 11) is 1.81. The maximum absolute atomic E-state index is 11.9. The topological polar surface area (TPSA) is 62.2 Å². The minimum atomic E-state index is -0.606. The van der Waals surface area contributed by atoms with E-state index < -0.39 is 11.7 Å². The number of benzene rings is 2. The van der Waals surface area contributed by atoms with Gasteiger partial charge in [-0.2, -0.15) is 0 Å². The largest absolute Gasteiger partial charge is 0.504 e. The van der Waals surface area contributed by atoms with Gasteiger partial charge in [-0.3, -0.25) is 4.90 Å². The van der Waals surface area contributed by atoms with Crippen molar-refractivity contribution in [3.8, 4) is 11.5 Å². The van der Waals surface area contributed by atoms with Gasteiger partial charge in [-0.05, 0) is 74.6 Å². The number of methoxy groups -OCH3 is 1. The maximum atomic E-state index is 11.9. The van der Waals surface area contributed by atoms with Crippen molar-refractivity contribution in [3.63, 3.8) is 0 Å². The lowest BCUT2D eigenvalue weighted by molar-refractivity contribution is -0.291. The summed E-state index contributed by atoms with van der Waals surface area (Å²) in [4.78, 5) is 2.81. The van der Waals surface area contributed by atoms with E-state index in [0.29, 0.717) is 11.8 Å². The number of rotatable bonds is 5. The first-order valence-corrected chi connectivity index (χ1v) is 13.6. The molecule has 5 nitrogen and oxygen atoms in total. The van der Waals surface area contributed by atoms with Crippen LogP contribution in [0.3, 0.4) is 0 Å². The molecule has 2 spiro atoms. The van der Waals surface area contributed by atoms with E-state index in [2.05, 4.69) is 11.0 Å². The molecule has 0 radical (unpaired) electrons. The molecule has 2 heterocycles. The van der Waals surface area contributed by atoms with Crippen LogP contribution < -0.4 is 4.74 Å². The van der Waals surface area contributed by atoms with Crippen LogP contribution in [0, 0.1) is 17.3 Å². The van der Waals surface area contributed by atoms with E-state index in [1.165, 1.54) is 30.5 Å². The molecule has 1 saturated heterocycles. The second-order valence-electron chi connectivity index (χ2n) is 12.3. The highest BCUT2D eigenvalue weighted by molar-refractivity contribution is 5.63. The van der Waals surface area contributed by atoms with Gasteiger partial charge in [-0.15, -0.1) is 0 Å².